The second kappa shape index (κ2) is 6.20. The molecule has 3 nitrogen and oxygen atoms in total. The van der Waals surface area contributed by atoms with Crippen LogP contribution in [0, 0.1) is 5.92 Å². The molecule has 2 atom stereocenters. The lowest BCUT2D eigenvalue weighted by molar-refractivity contribution is -0.148. The number of esters is 1. The second-order valence-electron chi connectivity index (χ2n) is 5.43. The molecule has 1 aromatic rings. The number of carbonyl (C=O) groups is 1. The zero-order valence-electron chi connectivity index (χ0n) is 11.8. The van der Waals surface area contributed by atoms with Gasteiger partial charge < -0.3 is 4.74 Å². The summed E-state index contributed by atoms with van der Waals surface area (Å²) in [5, 5.41) is 3.45. The monoisotopic (exact) mass is 261 g/mol. The molecule has 0 heterocycles. The summed E-state index contributed by atoms with van der Waals surface area (Å²) < 4.78 is 5.02. The van der Waals surface area contributed by atoms with Crippen LogP contribution in [0.15, 0.2) is 30.3 Å². The highest BCUT2D eigenvalue weighted by Gasteiger charge is 2.45. The minimum atomic E-state index is -0.481. The summed E-state index contributed by atoms with van der Waals surface area (Å²) in [7, 11) is 1.48. The Balaban J connectivity index is 2.05. The maximum Gasteiger partial charge on any atom is 0.326 e. The zero-order chi connectivity index (χ0) is 13.7. The van der Waals surface area contributed by atoms with Crippen molar-refractivity contribution < 1.29 is 9.53 Å². The van der Waals surface area contributed by atoms with Crippen LogP contribution < -0.4 is 5.32 Å². The molecule has 1 fully saturated rings. The van der Waals surface area contributed by atoms with Gasteiger partial charge in [0.05, 0.1) is 7.11 Å². The molecule has 0 bridgehead atoms. The summed E-state index contributed by atoms with van der Waals surface area (Å²) in [5.41, 5.74) is 0.719. The predicted octanol–water partition coefficient (Wildman–Crippen LogP) is 2.90. The summed E-state index contributed by atoms with van der Waals surface area (Å²) in [6, 6.07) is 10.2. The van der Waals surface area contributed by atoms with Crippen molar-refractivity contribution in [3.8, 4) is 0 Å². The van der Waals surface area contributed by atoms with Gasteiger partial charge in [-0.3, -0.25) is 10.1 Å². The molecule has 3 heteroatoms. The Morgan fingerprint density at radius 2 is 2.16 bits per heavy atom. The van der Waals surface area contributed by atoms with Crippen molar-refractivity contribution in [3.63, 3.8) is 0 Å². The van der Waals surface area contributed by atoms with Gasteiger partial charge in [0.2, 0.25) is 0 Å². The van der Waals surface area contributed by atoms with Crippen molar-refractivity contribution in [3.05, 3.63) is 35.9 Å². The molecule has 2 rings (SSSR count). The summed E-state index contributed by atoms with van der Waals surface area (Å²) in [5.74, 6) is 0.516. The first-order chi connectivity index (χ1) is 9.20. The van der Waals surface area contributed by atoms with E-state index in [9.17, 15) is 4.79 Å². The minimum absolute atomic E-state index is 0.112. The molecule has 1 N–H and O–H groups in total. The molecule has 1 aromatic carbocycles. The number of benzene rings is 1. The lowest BCUT2D eigenvalue weighted by Crippen LogP contribution is -2.50. The fourth-order valence-electron chi connectivity index (χ4n) is 2.98. The highest BCUT2D eigenvalue weighted by molar-refractivity contribution is 5.81. The number of methoxy groups -OCH3 is 1. The van der Waals surface area contributed by atoms with Crippen LogP contribution in [0.1, 0.15) is 38.2 Å². The average Bonchev–Trinajstić information content (AvgIpc) is 2.90. The highest BCUT2D eigenvalue weighted by Crippen LogP contribution is 2.37. The van der Waals surface area contributed by atoms with Gasteiger partial charge in [0.25, 0.3) is 0 Å². The normalized spacial score (nSPS) is 26.3. The smallest absolute Gasteiger partial charge is 0.326 e. The standard InChI is InChI=1S/C16H23NO2/c1-3-13-9-10-16(11-13,15(18)19-2)17-12-14-7-5-4-6-8-14/h4-8,13,17H,3,9-12H2,1-2H3. The molecule has 0 amide bonds. The first-order valence-electron chi connectivity index (χ1n) is 7.07. The summed E-state index contributed by atoms with van der Waals surface area (Å²) in [6.45, 7) is 2.90. The fourth-order valence-corrected chi connectivity index (χ4v) is 2.98. The van der Waals surface area contributed by atoms with E-state index in [1.807, 2.05) is 18.2 Å². The van der Waals surface area contributed by atoms with Crippen molar-refractivity contribution in [1.29, 1.82) is 0 Å². The second-order valence-corrected chi connectivity index (χ2v) is 5.43. The number of hydrogen-bond acceptors (Lipinski definition) is 3. The van der Waals surface area contributed by atoms with Crippen LogP contribution in [0.2, 0.25) is 0 Å². The molecular formula is C16H23NO2. The fraction of sp³-hybridized carbons (Fsp3) is 0.562. The third-order valence-electron chi connectivity index (χ3n) is 4.24. The van der Waals surface area contributed by atoms with Crippen molar-refractivity contribution in [2.45, 2.75) is 44.7 Å². The summed E-state index contributed by atoms with van der Waals surface area (Å²) in [6.07, 6.45) is 4.01. The number of ether oxygens (including phenoxy) is 1. The third-order valence-corrected chi connectivity index (χ3v) is 4.24. The van der Waals surface area contributed by atoms with Gasteiger partial charge in [-0.2, -0.15) is 0 Å². The van der Waals surface area contributed by atoms with Crippen molar-refractivity contribution in [1.82, 2.24) is 5.32 Å². The molecular weight excluding hydrogens is 238 g/mol. The zero-order valence-corrected chi connectivity index (χ0v) is 11.8. The lowest BCUT2D eigenvalue weighted by atomic mass is 9.94. The van der Waals surface area contributed by atoms with E-state index in [4.69, 9.17) is 4.74 Å². The Kier molecular flexibility index (Phi) is 4.59. The van der Waals surface area contributed by atoms with E-state index < -0.39 is 5.54 Å². The van der Waals surface area contributed by atoms with Gasteiger partial charge >= 0.3 is 5.97 Å². The molecule has 0 radical (unpaired) electrons. The van der Waals surface area contributed by atoms with Gasteiger partial charge in [0.15, 0.2) is 0 Å². The van der Waals surface area contributed by atoms with Crippen molar-refractivity contribution in [2.75, 3.05) is 7.11 Å². The SMILES string of the molecule is CCC1CCC(NCc2ccccc2)(C(=O)OC)C1. The Morgan fingerprint density at radius 3 is 2.74 bits per heavy atom. The van der Waals surface area contributed by atoms with Crippen LogP contribution in [-0.4, -0.2) is 18.6 Å². The molecule has 1 aliphatic rings. The molecule has 0 aromatic heterocycles. The number of carbonyl (C=O) groups excluding carboxylic acids is 1. The van der Waals surface area contributed by atoms with Gasteiger partial charge in [-0.05, 0) is 30.7 Å². The average molecular weight is 261 g/mol. The van der Waals surface area contributed by atoms with E-state index in [-0.39, 0.29) is 5.97 Å². The number of nitrogens with one attached hydrogen (secondary N) is 1. The van der Waals surface area contributed by atoms with Crippen LogP contribution in [-0.2, 0) is 16.1 Å². The van der Waals surface area contributed by atoms with E-state index in [1.54, 1.807) is 0 Å². The van der Waals surface area contributed by atoms with Crippen LogP contribution in [0.3, 0.4) is 0 Å². The third kappa shape index (κ3) is 3.16. The molecule has 1 saturated carbocycles. The minimum Gasteiger partial charge on any atom is -0.468 e. The van der Waals surface area contributed by atoms with Gasteiger partial charge in [-0.25, -0.2) is 0 Å². The van der Waals surface area contributed by atoms with Crippen LogP contribution in [0.4, 0.5) is 0 Å². The van der Waals surface area contributed by atoms with Crippen molar-refractivity contribution in [2.24, 2.45) is 5.92 Å². The predicted molar refractivity (Wildman–Crippen MR) is 75.7 cm³/mol. The Hall–Kier alpha value is -1.35. The lowest BCUT2D eigenvalue weighted by Gasteiger charge is -2.28. The summed E-state index contributed by atoms with van der Waals surface area (Å²) >= 11 is 0. The van der Waals surface area contributed by atoms with Gasteiger partial charge in [-0.1, -0.05) is 43.7 Å². The molecule has 0 saturated heterocycles. The maximum absolute atomic E-state index is 12.1. The quantitative estimate of drug-likeness (QED) is 0.828. The van der Waals surface area contributed by atoms with E-state index in [1.165, 1.54) is 12.7 Å². The van der Waals surface area contributed by atoms with Gasteiger partial charge in [0, 0.05) is 6.54 Å². The number of rotatable bonds is 5. The van der Waals surface area contributed by atoms with E-state index in [0.717, 1.165) is 25.7 Å². The maximum atomic E-state index is 12.1. The molecule has 1 aliphatic carbocycles. The number of hydrogen-bond donors (Lipinski definition) is 1. The summed E-state index contributed by atoms with van der Waals surface area (Å²) in [4.78, 5) is 12.1. The molecule has 2 unspecified atom stereocenters. The van der Waals surface area contributed by atoms with E-state index >= 15 is 0 Å². The van der Waals surface area contributed by atoms with Crippen LogP contribution >= 0.6 is 0 Å². The molecule has 19 heavy (non-hydrogen) atoms. The Morgan fingerprint density at radius 1 is 1.42 bits per heavy atom. The molecule has 104 valence electrons. The first kappa shape index (κ1) is 14.1. The van der Waals surface area contributed by atoms with E-state index in [0.29, 0.717) is 12.5 Å². The molecule has 0 aliphatic heterocycles. The largest absolute Gasteiger partial charge is 0.468 e. The first-order valence-corrected chi connectivity index (χ1v) is 7.07. The van der Waals surface area contributed by atoms with Crippen LogP contribution in [0.5, 0.6) is 0 Å². The Labute approximate surface area is 115 Å². The highest BCUT2D eigenvalue weighted by atomic mass is 16.5. The van der Waals surface area contributed by atoms with Crippen LogP contribution in [0.25, 0.3) is 0 Å². The topological polar surface area (TPSA) is 38.3 Å². The van der Waals surface area contributed by atoms with Gasteiger partial charge in [-0.15, -0.1) is 0 Å². The Bertz CT molecular complexity index is 418. The van der Waals surface area contributed by atoms with Gasteiger partial charge in [0.1, 0.15) is 5.54 Å². The van der Waals surface area contributed by atoms with E-state index in [2.05, 4.69) is 24.4 Å². The van der Waals surface area contributed by atoms with Crippen molar-refractivity contribution >= 4 is 5.97 Å². The molecule has 0 spiro atoms.